The van der Waals surface area contributed by atoms with Gasteiger partial charge in [-0.05, 0) is 0 Å². The average Bonchev–Trinajstić information content (AvgIpc) is 2.37. The topological polar surface area (TPSA) is 34.2 Å². The molecule has 0 fully saturated rings. The molecule has 0 N–H and O–H groups in total. The molecule has 5 nitrogen and oxygen atoms in total. The van der Waals surface area contributed by atoms with Crippen molar-refractivity contribution >= 4 is 39.6 Å². The van der Waals surface area contributed by atoms with Crippen molar-refractivity contribution in [2.24, 2.45) is 0 Å². The van der Waals surface area contributed by atoms with E-state index in [0.717, 1.165) is 13.1 Å². The van der Waals surface area contributed by atoms with Crippen molar-refractivity contribution in [1.29, 1.82) is 0 Å². The van der Waals surface area contributed by atoms with Crippen LogP contribution in [0.2, 0.25) is 0 Å². The number of rotatable bonds is 9. The summed E-state index contributed by atoms with van der Waals surface area (Å²) in [5, 5.41) is 0. The molecule has 9 heteroatoms. The Morgan fingerprint density at radius 2 is 1.58 bits per heavy atom. The summed E-state index contributed by atoms with van der Waals surface area (Å²) in [4.78, 5) is 0. The molecule has 19 heavy (non-hydrogen) atoms. The summed E-state index contributed by atoms with van der Waals surface area (Å²) in [5.74, 6) is 0. The van der Waals surface area contributed by atoms with Crippen LogP contribution in [0.5, 0.6) is 0 Å². The summed E-state index contributed by atoms with van der Waals surface area (Å²) in [6.07, 6.45) is 0.0924. The maximum atomic E-state index is 6.20. The van der Waals surface area contributed by atoms with Crippen molar-refractivity contribution in [3.63, 3.8) is 0 Å². The molecule has 0 aromatic rings. The van der Waals surface area contributed by atoms with Gasteiger partial charge in [0.05, 0.1) is 0 Å². The van der Waals surface area contributed by atoms with Crippen molar-refractivity contribution in [1.82, 2.24) is 9.11 Å². The molecule has 0 aliphatic carbocycles. The summed E-state index contributed by atoms with van der Waals surface area (Å²) in [7, 11) is 5.09. The molecule has 0 rings (SSSR count). The third-order valence-electron chi connectivity index (χ3n) is 2.62. The van der Waals surface area contributed by atoms with Crippen LogP contribution in [0.3, 0.4) is 0 Å². The zero-order chi connectivity index (χ0) is 15.3. The molecular formula is C10H26N2O3P2SSe. The van der Waals surface area contributed by atoms with Gasteiger partial charge in [-0.2, -0.15) is 0 Å². The van der Waals surface area contributed by atoms with Gasteiger partial charge in [0.25, 0.3) is 0 Å². The molecule has 0 heterocycles. The summed E-state index contributed by atoms with van der Waals surface area (Å²) < 4.78 is 21.3. The van der Waals surface area contributed by atoms with E-state index in [9.17, 15) is 0 Å². The fourth-order valence-corrected chi connectivity index (χ4v) is 12.3. The van der Waals surface area contributed by atoms with Crippen LogP contribution < -0.4 is 0 Å². The fraction of sp³-hybridized carbons (Fsp3) is 1.00. The van der Waals surface area contributed by atoms with Crippen LogP contribution in [-0.2, 0) is 25.4 Å². The Balaban J connectivity index is 5.60. The number of nitrogens with zero attached hydrogens (tertiary/aromatic N) is 2. The maximum absolute atomic E-state index is 6.20. The Hall–Kier alpha value is 1.40. The van der Waals surface area contributed by atoms with Crippen molar-refractivity contribution in [3.05, 3.63) is 0 Å². The molecule has 1 atom stereocenters. The molecule has 116 valence electrons. The van der Waals surface area contributed by atoms with E-state index in [1.165, 1.54) is 0 Å². The van der Waals surface area contributed by atoms with Gasteiger partial charge in [0, 0.05) is 0 Å². The summed E-state index contributed by atoms with van der Waals surface area (Å²) in [5.41, 5.74) is 0. The quantitative estimate of drug-likeness (QED) is 0.441. The molecule has 0 saturated heterocycles. The van der Waals surface area contributed by atoms with Gasteiger partial charge in [0.2, 0.25) is 0 Å². The molecule has 0 aromatic heterocycles. The van der Waals surface area contributed by atoms with E-state index in [2.05, 4.69) is 33.6 Å². The summed E-state index contributed by atoms with van der Waals surface area (Å²) >= 11 is 8.78. The Kier molecular flexibility index (Phi) is 9.39. The van der Waals surface area contributed by atoms with Crippen LogP contribution in [0.15, 0.2) is 0 Å². The zero-order valence-corrected chi connectivity index (χ0v) is 17.1. The second kappa shape index (κ2) is 8.75. The van der Waals surface area contributed by atoms with Crippen molar-refractivity contribution in [2.75, 3.05) is 34.4 Å². The van der Waals surface area contributed by atoms with Gasteiger partial charge < -0.3 is 0 Å². The Labute approximate surface area is 130 Å². The molecule has 0 aliphatic heterocycles. The Morgan fingerprint density at radius 3 is 1.84 bits per heavy atom. The predicted octanol–water partition coefficient (Wildman–Crippen LogP) is 3.05. The molecular weight excluding hydrogens is 369 g/mol. The van der Waals surface area contributed by atoms with Gasteiger partial charge in [-0.15, -0.1) is 0 Å². The van der Waals surface area contributed by atoms with Crippen molar-refractivity contribution in [2.45, 2.75) is 33.8 Å². The second-order valence-electron chi connectivity index (χ2n) is 4.11. The molecule has 0 aromatic carbocycles. The predicted molar refractivity (Wildman–Crippen MR) is 87.9 cm³/mol. The third-order valence-corrected chi connectivity index (χ3v) is 14.7. The molecule has 1 unspecified atom stereocenters. The van der Waals surface area contributed by atoms with Crippen molar-refractivity contribution in [3.8, 4) is 0 Å². The molecule has 0 amide bonds. The van der Waals surface area contributed by atoms with Gasteiger partial charge in [-0.3, -0.25) is 0 Å². The summed E-state index contributed by atoms with van der Waals surface area (Å²) in [6, 6.07) is -2.14. The van der Waals surface area contributed by atoms with Crippen molar-refractivity contribution < 1.29 is 13.6 Å². The van der Waals surface area contributed by atoms with E-state index >= 15 is 0 Å². The second-order valence-corrected chi connectivity index (χ2v) is 13.4. The van der Waals surface area contributed by atoms with Crippen LogP contribution in [-0.4, -0.2) is 64.7 Å². The zero-order valence-electron chi connectivity index (χ0n) is 12.8. The van der Waals surface area contributed by atoms with Crippen LogP contribution in [0.1, 0.15) is 27.7 Å². The molecule has 0 bridgehead atoms. The molecule has 0 radical (unpaired) electrons. The fourth-order valence-electron chi connectivity index (χ4n) is 1.62. The van der Waals surface area contributed by atoms with E-state index in [1.807, 2.05) is 25.3 Å². The molecule has 0 saturated carbocycles. The van der Waals surface area contributed by atoms with Crippen LogP contribution in [0.25, 0.3) is 0 Å². The number of hydrogen-bond donors (Lipinski definition) is 0. The van der Waals surface area contributed by atoms with Crippen LogP contribution >= 0.6 is 12.7 Å². The van der Waals surface area contributed by atoms with E-state index in [1.54, 1.807) is 14.2 Å². The SMILES string of the molecule is CCN(CC)P(=[Se])(OC(C)C)N(C)P(=S)(OC)OC. The first kappa shape index (κ1) is 20.4. The minimum absolute atomic E-state index is 0.0924. The van der Waals surface area contributed by atoms with E-state index in [0.29, 0.717) is 0 Å². The minimum atomic E-state index is -2.51. The van der Waals surface area contributed by atoms with Gasteiger partial charge in [0.15, 0.2) is 0 Å². The Bertz CT molecular complexity index is 359. The van der Waals surface area contributed by atoms with Crippen LogP contribution in [0, 0.1) is 0 Å². The van der Waals surface area contributed by atoms with E-state index < -0.39 is 12.7 Å². The normalized spacial score (nSPS) is 16.3. The van der Waals surface area contributed by atoms with Gasteiger partial charge in [-0.25, -0.2) is 0 Å². The van der Waals surface area contributed by atoms with E-state index in [4.69, 9.17) is 25.4 Å². The monoisotopic (exact) mass is 396 g/mol. The first-order valence-corrected chi connectivity index (χ1v) is 12.6. The van der Waals surface area contributed by atoms with Gasteiger partial charge in [0.1, 0.15) is 0 Å². The van der Waals surface area contributed by atoms with E-state index in [-0.39, 0.29) is 6.10 Å². The standard InChI is InChI=1S/C10H26N2O3P2SSe/c1-8-12(9-2)16(19,15-10(3)4)11(5)17(18,13-6)14-7/h10H,8-9H2,1-7H3. The first-order valence-electron chi connectivity index (χ1n) is 6.21. The first-order chi connectivity index (χ1) is 8.71. The van der Waals surface area contributed by atoms with Crippen LogP contribution in [0.4, 0.5) is 0 Å². The molecule has 0 aliphatic rings. The average molecular weight is 395 g/mol. The third kappa shape index (κ3) is 4.96. The molecule has 0 spiro atoms. The van der Waals surface area contributed by atoms with Gasteiger partial charge >= 0.3 is 130 Å². The van der Waals surface area contributed by atoms with Gasteiger partial charge in [-0.1, -0.05) is 0 Å². The summed E-state index contributed by atoms with van der Waals surface area (Å²) in [6.45, 7) is 7.49. The number of hydrogen-bond acceptors (Lipinski definition) is 5. The Morgan fingerprint density at radius 1 is 1.16 bits per heavy atom.